The van der Waals surface area contributed by atoms with E-state index in [0.29, 0.717) is 12.5 Å². The second kappa shape index (κ2) is 6.45. The Morgan fingerprint density at radius 3 is 2.82 bits per heavy atom. The van der Waals surface area contributed by atoms with Crippen molar-refractivity contribution in [2.45, 2.75) is 33.2 Å². The zero-order valence-corrected chi connectivity index (χ0v) is 10.8. The summed E-state index contributed by atoms with van der Waals surface area (Å²) in [6, 6.07) is 1.72. The second-order valence-electron chi connectivity index (χ2n) is 4.85. The number of hydrogen-bond donors (Lipinski definition) is 1. The molecule has 0 saturated carbocycles. The molecule has 0 unspecified atom stereocenters. The number of rotatable bonds is 7. The Labute approximate surface area is 102 Å². The predicted molar refractivity (Wildman–Crippen MR) is 66.1 cm³/mol. The van der Waals surface area contributed by atoms with Crippen LogP contribution >= 0.6 is 0 Å². The topological polar surface area (TPSA) is 53.7 Å². The normalized spacial score (nSPS) is 11.4. The number of nitrogens with zero attached hydrogens (tertiary/aromatic N) is 1. The smallest absolute Gasteiger partial charge is 0.372 e. The SMILES string of the molecule is CC(C)CCCN(C)Cc1ccoc1C(=O)O. The minimum atomic E-state index is -0.999. The largest absolute Gasteiger partial charge is 0.475 e. The van der Waals surface area contributed by atoms with Crippen molar-refractivity contribution in [3.63, 3.8) is 0 Å². The van der Waals surface area contributed by atoms with Crippen LogP contribution in [0.15, 0.2) is 16.7 Å². The quantitative estimate of drug-likeness (QED) is 0.795. The molecule has 0 aliphatic heterocycles. The van der Waals surface area contributed by atoms with E-state index in [1.165, 1.54) is 12.7 Å². The third kappa shape index (κ3) is 4.61. The number of aromatic carboxylic acids is 1. The first kappa shape index (κ1) is 13.8. The lowest BCUT2D eigenvalue weighted by Crippen LogP contribution is -2.20. The van der Waals surface area contributed by atoms with Crippen molar-refractivity contribution in [2.24, 2.45) is 5.92 Å². The summed E-state index contributed by atoms with van der Waals surface area (Å²) in [5.74, 6) is -0.229. The van der Waals surface area contributed by atoms with Crippen LogP contribution in [0.1, 0.15) is 42.8 Å². The van der Waals surface area contributed by atoms with Gasteiger partial charge in [-0.1, -0.05) is 13.8 Å². The lowest BCUT2D eigenvalue weighted by Gasteiger charge is -2.16. The first-order chi connectivity index (χ1) is 8.00. The molecule has 96 valence electrons. The van der Waals surface area contributed by atoms with Gasteiger partial charge < -0.3 is 14.4 Å². The fourth-order valence-electron chi connectivity index (χ4n) is 1.79. The molecule has 1 heterocycles. The molecule has 4 heteroatoms. The van der Waals surface area contributed by atoms with E-state index in [-0.39, 0.29) is 5.76 Å². The summed E-state index contributed by atoms with van der Waals surface area (Å²) < 4.78 is 4.94. The average molecular weight is 239 g/mol. The molecular weight excluding hydrogens is 218 g/mol. The molecule has 0 spiro atoms. The molecule has 4 nitrogen and oxygen atoms in total. The summed E-state index contributed by atoms with van der Waals surface area (Å²) in [5, 5.41) is 8.90. The van der Waals surface area contributed by atoms with Gasteiger partial charge in [0.25, 0.3) is 0 Å². The first-order valence-corrected chi connectivity index (χ1v) is 5.99. The van der Waals surface area contributed by atoms with E-state index in [1.54, 1.807) is 6.07 Å². The van der Waals surface area contributed by atoms with Crippen LogP contribution in [-0.2, 0) is 6.54 Å². The van der Waals surface area contributed by atoms with Gasteiger partial charge >= 0.3 is 5.97 Å². The highest BCUT2D eigenvalue weighted by Crippen LogP contribution is 2.13. The van der Waals surface area contributed by atoms with Crippen molar-refractivity contribution >= 4 is 5.97 Å². The summed E-state index contributed by atoms with van der Waals surface area (Å²) in [6.45, 7) is 6.01. The number of hydrogen-bond acceptors (Lipinski definition) is 3. The first-order valence-electron chi connectivity index (χ1n) is 5.99. The Kier molecular flexibility index (Phi) is 5.22. The van der Waals surface area contributed by atoms with Crippen LogP contribution in [0.25, 0.3) is 0 Å². The Morgan fingerprint density at radius 2 is 2.24 bits per heavy atom. The van der Waals surface area contributed by atoms with Crippen LogP contribution < -0.4 is 0 Å². The lowest BCUT2D eigenvalue weighted by molar-refractivity contribution is 0.0659. The van der Waals surface area contributed by atoms with E-state index in [1.807, 2.05) is 7.05 Å². The van der Waals surface area contributed by atoms with Gasteiger partial charge in [-0.15, -0.1) is 0 Å². The van der Waals surface area contributed by atoms with Crippen LogP contribution in [0.3, 0.4) is 0 Å². The molecule has 0 aromatic carbocycles. The van der Waals surface area contributed by atoms with Crippen molar-refractivity contribution in [3.05, 3.63) is 23.7 Å². The highest BCUT2D eigenvalue weighted by Gasteiger charge is 2.14. The van der Waals surface area contributed by atoms with Crippen molar-refractivity contribution < 1.29 is 14.3 Å². The van der Waals surface area contributed by atoms with Crippen LogP contribution in [0.2, 0.25) is 0 Å². The van der Waals surface area contributed by atoms with E-state index in [4.69, 9.17) is 9.52 Å². The summed E-state index contributed by atoms with van der Waals surface area (Å²) in [6.07, 6.45) is 3.76. The Morgan fingerprint density at radius 1 is 1.53 bits per heavy atom. The van der Waals surface area contributed by atoms with E-state index >= 15 is 0 Å². The van der Waals surface area contributed by atoms with Crippen molar-refractivity contribution in [2.75, 3.05) is 13.6 Å². The predicted octanol–water partition coefficient (Wildman–Crippen LogP) is 2.85. The molecule has 0 aliphatic rings. The molecule has 1 N–H and O–H groups in total. The van der Waals surface area contributed by atoms with Crippen molar-refractivity contribution in [3.8, 4) is 0 Å². The highest BCUT2D eigenvalue weighted by atomic mass is 16.4. The number of furan rings is 1. The maximum absolute atomic E-state index is 10.9. The monoisotopic (exact) mass is 239 g/mol. The minimum absolute atomic E-state index is 0.0562. The van der Waals surface area contributed by atoms with Crippen LogP contribution in [-0.4, -0.2) is 29.6 Å². The van der Waals surface area contributed by atoms with Crippen LogP contribution in [0.4, 0.5) is 0 Å². The molecule has 1 aromatic rings. The van der Waals surface area contributed by atoms with Crippen molar-refractivity contribution in [1.82, 2.24) is 4.90 Å². The van der Waals surface area contributed by atoms with E-state index in [0.717, 1.165) is 18.5 Å². The standard InChI is InChI=1S/C13H21NO3/c1-10(2)5-4-7-14(3)9-11-6-8-17-12(11)13(15)16/h6,8,10H,4-5,7,9H2,1-3H3,(H,15,16). The number of carboxylic acids is 1. The summed E-state index contributed by atoms with van der Waals surface area (Å²) >= 11 is 0. The van der Waals surface area contributed by atoms with Gasteiger partial charge in [0, 0.05) is 12.1 Å². The molecule has 0 fully saturated rings. The zero-order chi connectivity index (χ0) is 12.8. The van der Waals surface area contributed by atoms with Crippen molar-refractivity contribution in [1.29, 1.82) is 0 Å². The van der Waals surface area contributed by atoms with E-state index in [9.17, 15) is 4.79 Å². The Bertz CT molecular complexity index is 357. The maximum atomic E-state index is 10.9. The third-order valence-electron chi connectivity index (χ3n) is 2.70. The molecule has 0 amide bonds. The molecule has 0 saturated heterocycles. The van der Waals surface area contributed by atoms with Gasteiger partial charge in [0.15, 0.2) is 0 Å². The third-order valence-corrected chi connectivity index (χ3v) is 2.70. The van der Waals surface area contributed by atoms with Gasteiger partial charge in [0.05, 0.1) is 6.26 Å². The Balaban J connectivity index is 2.42. The molecular formula is C13H21NO3. The van der Waals surface area contributed by atoms with E-state index < -0.39 is 5.97 Å². The molecule has 17 heavy (non-hydrogen) atoms. The van der Waals surface area contributed by atoms with Gasteiger partial charge in [-0.25, -0.2) is 4.79 Å². The molecule has 0 radical (unpaired) electrons. The van der Waals surface area contributed by atoms with Crippen LogP contribution in [0, 0.1) is 5.92 Å². The van der Waals surface area contributed by atoms with E-state index in [2.05, 4.69) is 18.7 Å². The van der Waals surface area contributed by atoms with Crippen LogP contribution in [0.5, 0.6) is 0 Å². The summed E-state index contributed by atoms with van der Waals surface area (Å²) in [4.78, 5) is 13.0. The van der Waals surface area contributed by atoms with Gasteiger partial charge in [-0.3, -0.25) is 0 Å². The van der Waals surface area contributed by atoms with Gasteiger partial charge in [0.1, 0.15) is 0 Å². The fourth-order valence-corrected chi connectivity index (χ4v) is 1.79. The minimum Gasteiger partial charge on any atom is -0.475 e. The number of carboxylic acid groups (broad SMARTS) is 1. The second-order valence-corrected chi connectivity index (χ2v) is 4.85. The summed E-state index contributed by atoms with van der Waals surface area (Å²) in [5.41, 5.74) is 0.740. The molecule has 0 bridgehead atoms. The zero-order valence-electron chi connectivity index (χ0n) is 10.8. The Hall–Kier alpha value is -1.29. The molecule has 1 aromatic heterocycles. The highest BCUT2D eigenvalue weighted by molar-refractivity contribution is 5.86. The fraction of sp³-hybridized carbons (Fsp3) is 0.615. The average Bonchev–Trinajstić information content (AvgIpc) is 2.65. The maximum Gasteiger partial charge on any atom is 0.372 e. The van der Waals surface area contributed by atoms with Gasteiger partial charge in [-0.2, -0.15) is 0 Å². The molecule has 0 atom stereocenters. The lowest BCUT2D eigenvalue weighted by atomic mass is 10.1. The number of carbonyl (C=O) groups is 1. The van der Waals surface area contributed by atoms with Gasteiger partial charge in [0.2, 0.25) is 5.76 Å². The molecule has 1 rings (SSSR count). The molecule has 0 aliphatic carbocycles. The van der Waals surface area contributed by atoms with Gasteiger partial charge in [-0.05, 0) is 38.4 Å². The summed E-state index contributed by atoms with van der Waals surface area (Å²) in [7, 11) is 2.00.